The molecule has 112 valence electrons. The predicted molar refractivity (Wildman–Crippen MR) is 94.7 cm³/mol. The van der Waals surface area contributed by atoms with E-state index in [4.69, 9.17) is 34.8 Å². The summed E-state index contributed by atoms with van der Waals surface area (Å²) in [5, 5.41) is 1.60. The molecule has 0 amide bonds. The van der Waals surface area contributed by atoms with E-state index in [1.54, 1.807) is 53.4 Å². The van der Waals surface area contributed by atoms with Gasteiger partial charge in [-0.15, -0.1) is 0 Å². The highest BCUT2D eigenvalue weighted by molar-refractivity contribution is 8.27. The van der Waals surface area contributed by atoms with Crippen LogP contribution in [0, 0.1) is 0 Å². The molecule has 0 N–H and O–H groups in total. The zero-order valence-corrected chi connectivity index (χ0v) is 14.1. The van der Waals surface area contributed by atoms with Gasteiger partial charge in [-0.3, -0.25) is 9.69 Å². The minimum Gasteiger partial charge on any atom is -0.296 e. The van der Waals surface area contributed by atoms with Crippen LogP contribution in [0.4, 0.5) is 11.4 Å². The fraction of sp³-hybridized carbons (Fsp3) is 0.0667. The van der Waals surface area contributed by atoms with E-state index in [1.807, 2.05) is 0 Å². The van der Waals surface area contributed by atoms with Crippen LogP contribution >= 0.6 is 46.6 Å². The molecular formula is C15H9Cl3N2OS. The SMILES string of the molecule is O=C1SC(=Nc2ccc(Cl)cc2)N(c2ccc(Cl)cc2)[C@H]1Cl. The van der Waals surface area contributed by atoms with Gasteiger partial charge in [-0.05, 0) is 60.3 Å². The Morgan fingerprint density at radius 3 is 2.09 bits per heavy atom. The highest BCUT2D eigenvalue weighted by Gasteiger charge is 2.37. The molecule has 3 rings (SSSR count). The molecule has 0 aliphatic carbocycles. The lowest BCUT2D eigenvalue weighted by molar-refractivity contribution is -0.110. The Kier molecular flexibility index (Phi) is 4.64. The molecule has 2 aromatic rings. The lowest BCUT2D eigenvalue weighted by atomic mass is 10.3. The van der Waals surface area contributed by atoms with Crippen molar-refractivity contribution in [2.24, 2.45) is 4.99 Å². The van der Waals surface area contributed by atoms with E-state index in [0.717, 1.165) is 17.4 Å². The third kappa shape index (κ3) is 3.25. The first-order valence-corrected chi connectivity index (χ1v) is 8.30. The van der Waals surface area contributed by atoms with Crippen LogP contribution in [0.15, 0.2) is 53.5 Å². The molecule has 2 aromatic carbocycles. The van der Waals surface area contributed by atoms with Gasteiger partial charge in [0, 0.05) is 15.7 Å². The minimum atomic E-state index is -0.794. The van der Waals surface area contributed by atoms with Crippen molar-refractivity contribution in [2.75, 3.05) is 4.90 Å². The van der Waals surface area contributed by atoms with Gasteiger partial charge >= 0.3 is 0 Å². The van der Waals surface area contributed by atoms with E-state index in [9.17, 15) is 4.79 Å². The average molecular weight is 372 g/mol. The first-order chi connectivity index (χ1) is 10.5. The number of hydrogen-bond acceptors (Lipinski definition) is 3. The van der Waals surface area contributed by atoms with Gasteiger partial charge in [0.25, 0.3) is 0 Å². The maximum atomic E-state index is 11.9. The van der Waals surface area contributed by atoms with E-state index in [1.165, 1.54) is 0 Å². The van der Waals surface area contributed by atoms with Crippen molar-refractivity contribution in [3.8, 4) is 0 Å². The number of carbonyl (C=O) groups is 1. The van der Waals surface area contributed by atoms with Gasteiger partial charge in [0.05, 0.1) is 5.69 Å². The van der Waals surface area contributed by atoms with E-state index in [0.29, 0.717) is 20.9 Å². The molecule has 1 aliphatic heterocycles. The van der Waals surface area contributed by atoms with Crippen LogP contribution in [0.5, 0.6) is 0 Å². The molecule has 0 unspecified atom stereocenters. The van der Waals surface area contributed by atoms with Crippen molar-refractivity contribution in [3.05, 3.63) is 58.6 Å². The second-order valence-corrected chi connectivity index (χ2v) is 6.73. The number of hydrogen-bond donors (Lipinski definition) is 0. The number of alkyl halides is 1. The number of rotatable bonds is 2. The average Bonchev–Trinajstić information content (AvgIpc) is 2.77. The number of anilines is 1. The van der Waals surface area contributed by atoms with Gasteiger partial charge < -0.3 is 0 Å². The Balaban J connectivity index is 1.99. The summed E-state index contributed by atoms with van der Waals surface area (Å²) in [5.41, 5.74) is 0.664. The first kappa shape index (κ1) is 15.7. The smallest absolute Gasteiger partial charge is 0.234 e. The zero-order chi connectivity index (χ0) is 15.7. The van der Waals surface area contributed by atoms with Crippen LogP contribution in [0.2, 0.25) is 10.0 Å². The van der Waals surface area contributed by atoms with Gasteiger partial charge in [0.1, 0.15) is 0 Å². The molecule has 1 fully saturated rings. The zero-order valence-electron chi connectivity index (χ0n) is 11.0. The lowest BCUT2D eigenvalue weighted by Gasteiger charge is -2.20. The van der Waals surface area contributed by atoms with Gasteiger partial charge in [0.15, 0.2) is 10.7 Å². The van der Waals surface area contributed by atoms with Gasteiger partial charge in [0.2, 0.25) is 5.12 Å². The van der Waals surface area contributed by atoms with E-state index in [-0.39, 0.29) is 5.12 Å². The van der Waals surface area contributed by atoms with Crippen molar-refractivity contribution >= 4 is 68.2 Å². The largest absolute Gasteiger partial charge is 0.296 e. The lowest BCUT2D eigenvalue weighted by Crippen LogP contribution is -2.31. The van der Waals surface area contributed by atoms with Crippen LogP contribution in [0.25, 0.3) is 0 Å². The topological polar surface area (TPSA) is 32.7 Å². The quantitative estimate of drug-likeness (QED) is 0.528. The highest BCUT2D eigenvalue weighted by atomic mass is 35.5. The maximum absolute atomic E-state index is 11.9. The second kappa shape index (κ2) is 6.50. The number of nitrogens with zero attached hydrogens (tertiary/aromatic N) is 2. The van der Waals surface area contributed by atoms with Crippen LogP contribution in [-0.4, -0.2) is 15.8 Å². The molecule has 22 heavy (non-hydrogen) atoms. The van der Waals surface area contributed by atoms with Gasteiger partial charge in [-0.1, -0.05) is 34.8 Å². The predicted octanol–water partition coefficient (Wildman–Crippen LogP) is 5.33. The van der Waals surface area contributed by atoms with E-state index < -0.39 is 5.50 Å². The summed E-state index contributed by atoms with van der Waals surface area (Å²) >= 11 is 19.0. The fourth-order valence-electron chi connectivity index (χ4n) is 1.94. The molecule has 1 saturated heterocycles. The second-order valence-electron chi connectivity index (χ2n) is 4.47. The van der Waals surface area contributed by atoms with E-state index >= 15 is 0 Å². The molecule has 1 atom stereocenters. The Labute approximate surface area is 146 Å². The monoisotopic (exact) mass is 370 g/mol. The standard InChI is InChI=1S/C15H9Cl3N2OS/c16-9-1-5-11(6-2-9)19-15-20(13(18)14(21)22-15)12-7-3-10(17)4-8-12/h1-8,13H/t13-/m1/s1. The third-order valence-corrected chi connectivity index (χ3v) is 4.90. The number of carbonyl (C=O) groups excluding carboxylic acids is 1. The molecule has 0 saturated carbocycles. The van der Waals surface area contributed by atoms with Gasteiger partial charge in [-0.2, -0.15) is 0 Å². The number of thioether (sulfide) groups is 1. The number of amidine groups is 1. The summed E-state index contributed by atoms with van der Waals surface area (Å²) in [7, 11) is 0. The number of aliphatic imine (C=N–C) groups is 1. The third-order valence-electron chi connectivity index (χ3n) is 2.98. The Morgan fingerprint density at radius 1 is 0.955 bits per heavy atom. The van der Waals surface area contributed by atoms with Crippen LogP contribution in [0.3, 0.4) is 0 Å². The normalized spacial score (nSPS) is 20.0. The Morgan fingerprint density at radius 2 is 1.50 bits per heavy atom. The molecule has 0 aromatic heterocycles. The van der Waals surface area contributed by atoms with Crippen LogP contribution < -0.4 is 4.90 Å². The number of benzene rings is 2. The molecular weight excluding hydrogens is 363 g/mol. The molecule has 0 spiro atoms. The summed E-state index contributed by atoms with van der Waals surface area (Å²) in [4.78, 5) is 18.1. The summed E-state index contributed by atoms with van der Waals surface area (Å²) in [6.45, 7) is 0. The molecule has 1 aliphatic rings. The summed E-state index contributed by atoms with van der Waals surface area (Å²) in [6, 6.07) is 14.1. The summed E-state index contributed by atoms with van der Waals surface area (Å²) < 4.78 is 0. The molecule has 7 heteroatoms. The van der Waals surface area contributed by atoms with Crippen molar-refractivity contribution < 1.29 is 4.79 Å². The molecule has 1 heterocycles. The fourth-order valence-corrected chi connectivity index (χ4v) is 3.43. The van der Waals surface area contributed by atoms with Crippen molar-refractivity contribution in [1.29, 1.82) is 0 Å². The Bertz CT molecular complexity index is 731. The van der Waals surface area contributed by atoms with Crippen molar-refractivity contribution in [2.45, 2.75) is 5.50 Å². The first-order valence-electron chi connectivity index (χ1n) is 6.29. The van der Waals surface area contributed by atoms with Crippen LogP contribution in [0.1, 0.15) is 0 Å². The molecule has 0 bridgehead atoms. The molecule has 0 radical (unpaired) electrons. The molecule has 3 nitrogen and oxygen atoms in total. The minimum absolute atomic E-state index is 0.163. The highest BCUT2D eigenvalue weighted by Crippen LogP contribution is 2.35. The maximum Gasteiger partial charge on any atom is 0.234 e. The summed E-state index contributed by atoms with van der Waals surface area (Å²) in [6.07, 6.45) is 0. The number of halogens is 3. The Hall–Kier alpha value is -1.20. The van der Waals surface area contributed by atoms with E-state index in [2.05, 4.69) is 4.99 Å². The summed E-state index contributed by atoms with van der Waals surface area (Å²) in [5.74, 6) is 0. The van der Waals surface area contributed by atoms with Crippen molar-refractivity contribution in [1.82, 2.24) is 0 Å². The van der Waals surface area contributed by atoms with Crippen molar-refractivity contribution in [3.63, 3.8) is 0 Å². The van der Waals surface area contributed by atoms with Gasteiger partial charge in [-0.25, -0.2) is 4.99 Å². The van der Waals surface area contributed by atoms with Crippen LogP contribution in [-0.2, 0) is 4.79 Å².